The third-order valence-electron chi connectivity index (χ3n) is 4.13. The highest BCUT2D eigenvalue weighted by Crippen LogP contribution is 2.54. The van der Waals surface area contributed by atoms with Crippen molar-refractivity contribution in [1.82, 2.24) is 0 Å². The van der Waals surface area contributed by atoms with Crippen LogP contribution in [0.25, 0.3) is 0 Å². The van der Waals surface area contributed by atoms with E-state index in [1.807, 2.05) is 36.4 Å². The molecule has 22 heavy (non-hydrogen) atoms. The highest BCUT2D eigenvalue weighted by Gasteiger charge is 2.57. The largest absolute Gasteiger partial charge is 0.465 e. The van der Waals surface area contributed by atoms with Gasteiger partial charge in [-0.25, -0.2) is 0 Å². The van der Waals surface area contributed by atoms with Crippen LogP contribution in [-0.2, 0) is 9.53 Å². The Morgan fingerprint density at radius 2 is 2.05 bits per heavy atom. The number of ether oxygens (including phenoxy) is 1. The summed E-state index contributed by atoms with van der Waals surface area (Å²) in [5, 5.41) is 0. The number of fused-ring (bicyclic) bond motifs is 1. The quantitative estimate of drug-likeness (QED) is 0.586. The van der Waals surface area contributed by atoms with E-state index in [9.17, 15) is 9.59 Å². The van der Waals surface area contributed by atoms with Crippen LogP contribution >= 0.6 is 27.3 Å². The zero-order chi connectivity index (χ0) is 15.9. The molecule has 2 aromatic rings. The van der Waals surface area contributed by atoms with Crippen LogP contribution in [-0.4, -0.2) is 18.4 Å². The highest BCUT2D eigenvalue weighted by molar-refractivity contribution is 9.11. The number of benzene rings is 1. The first-order valence-corrected chi connectivity index (χ1v) is 8.67. The molecule has 0 bridgehead atoms. The lowest BCUT2D eigenvalue weighted by Gasteiger charge is -2.28. The highest BCUT2D eigenvalue weighted by atomic mass is 79.9. The molecule has 1 aromatic heterocycles. The van der Waals surface area contributed by atoms with Crippen molar-refractivity contribution in [1.29, 1.82) is 0 Å². The van der Waals surface area contributed by atoms with Crippen LogP contribution in [0.2, 0.25) is 0 Å². The third kappa shape index (κ3) is 2.15. The van der Waals surface area contributed by atoms with Crippen molar-refractivity contribution >= 4 is 39.0 Å². The normalized spacial score (nSPS) is 23.4. The lowest BCUT2D eigenvalue weighted by atomic mass is 9.73. The number of esters is 1. The topological polar surface area (TPSA) is 43.4 Å². The van der Waals surface area contributed by atoms with Gasteiger partial charge in [0.2, 0.25) is 0 Å². The Morgan fingerprint density at radius 3 is 2.68 bits per heavy atom. The smallest absolute Gasteiger partial charge is 0.320 e. The van der Waals surface area contributed by atoms with Crippen molar-refractivity contribution in [3.05, 3.63) is 56.2 Å². The van der Waals surface area contributed by atoms with Crippen molar-refractivity contribution in [2.75, 3.05) is 6.61 Å². The van der Waals surface area contributed by atoms with Crippen molar-refractivity contribution in [2.45, 2.75) is 19.8 Å². The van der Waals surface area contributed by atoms with Gasteiger partial charge >= 0.3 is 5.97 Å². The molecular weight excluding hydrogens is 364 g/mol. The van der Waals surface area contributed by atoms with Crippen LogP contribution in [0.3, 0.4) is 0 Å². The predicted molar refractivity (Wildman–Crippen MR) is 89.4 cm³/mol. The Morgan fingerprint density at radius 1 is 1.36 bits per heavy atom. The van der Waals surface area contributed by atoms with Crippen molar-refractivity contribution in [3.63, 3.8) is 0 Å². The second-order valence-electron chi connectivity index (χ2n) is 5.43. The molecule has 1 aromatic carbocycles. The van der Waals surface area contributed by atoms with E-state index < -0.39 is 11.4 Å². The van der Waals surface area contributed by atoms with Crippen LogP contribution < -0.4 is 0 Å². The summed E-state index contributed by atoms with van der Waals surface area (Å²) in [5.41, 5.74) is 0.665. The Bertz CT molecular complexity index is 738. The average molecular weight is 379 g/mol. The number of ketones is 1. The van der Waals surface area contributed by atoms with Gasteiger partial charge in [-0.15, -0.1) is 11.3 Å². The molecule has 5 heteroatoms. The Balaban J connectivity index is 2.19. The predicted octanol–water partition coefficient (Wildman–Crippen LogP) is 4.41. The van der Waals surface area contributed by atoms with Gasteiger partial charge in [0.1, 0.15) is 5.41 Å². The molecule has 0 aliphatic heterocycles. The van der Waals surface area contributed by atoms with Crippen molar-refractivity contribution in [3.8, 4) is 0 Å². The van der Waals surface area contributed by atoms with Crippen LogP contribution in [0.5, 0.6) is 0 Å². The number of thiophene rings is 1. The number of halogens is 1. The molecule has 0 N–H and O–H groups in total. The molecule has 1 heterocycles. The number of rotatable bonds is 3. The first-order chi connectivity index (χ1) is 10.5. The molecule has 0 spiro atoms. The van der Waals surface area contributed by atoms with E-state index >= 15 is 0 Å². The fraction of sp³-hybridized carbons (Fsp3) is 0.294. The molecule has 1 aliphatic carbocycles. The summed E-state index contributed by atoms with van der Waals surface area (Å²) in [4.78, 5) is 26.1. The second kappa shape index (κ2) is 5.63. The van der Waals surface area contributed by atoms with E-state index in [1.165, 1.54) is 11.3 Å². The maximum atomic E-state index is 12.9. The molecule has 1 unspecified atom stereocenters. The molecule has 2 atom stereocenters. The minimum Gasteiger partial charge on any atom is -0.465 e. The Kier molecular flexibility index (Phi) is 3.95. The summed E-state index contributed by atoms with van der Waals surface area (Å²) in [7, 11) is 0. The standard InChI is InChI=1S/C17H15BrO3S/c1-3-21-16(20)17(2)13(10-7-5-4-6-8-10)11-9-12(18)22-14(11)15(17)19/h4-9,13H,3H2,1-2H3/t13-,17?/m1/s1. The van der Waals surface area contributed by atoms with E-state index in [1.54, 1.807) is 13.8 Å². The third-order valence-corrected chi connectivity index (χ3v) is 5.78. The van der Waals surface area contributed by atoms with Crippen LogP contribution in [0, 0.1) is 5.41 Å². The van der Waals surface area contributed by atoms with Gasteiger partial charge in [-0.1, -0.05) is 30.3 Å². The molecule has 0 amide bonds. The first-order valence-electron chi connectivity index (χ1n) is 7.06. The second-order valence-corrected chi connectivity index (χ2v) is 7.86. The molecular formula is C17H15BrO3S. The maximum Gasteiger partial charge on any atom is 0.320 e. The van der Waals surface area contributed by atoms with Gasteiger partial charge in [0.25, 0.3) is 0 Å². The molecule has 0 saturated heterocycles. The molecule has 0 fully saturated rings. The van der Waals surface area contributed by atoms with E-state index in [2.05, 4.69) is 15.9 Å². The monoisotopic (exact) mass is 378 g/mol. The van der Waals surface area contributed by atoms with Crippen LogP contribution in [0.1, 0.15) is 40.6 Å². The summed E-state index contributed by atoms with van der Waals surface area (Å²) in [6.07, 6.45) is 0. The summed E-state index contributed by atoms with van der Waals surface area (Å²) >= 11 is 4.82. The minimum atomic E-state index is -1.20. The number of Topliss-reactive ketones (excluding diaryl/α,β-unsaturated/α-hetero) is 1. The Hall–Kier alpha value is -1.46. The number of carbonyl (C=O) groups excluding carboxylic acids is 2. The number of carbonyl (C=O) groups is 2. The molecule has 0 saturated carbocycles. The lowest BCUT2D eigenvalue weighted by molar-refractivity contribution is -0.151. The molecule has 1 aliphatic rings. The van der Waals surface area contributed by atoms with Gasteiger partial charge in [0.15, 0.2) is 5.78 Å². The zero-order valence-corrected chi connectivity index (χ0v) is 14.7. The fourth-order valence-electron chi connectivity index (χ4n) is 3.09. The minimum absolute atomic E-state index is 0.148. The molecule has 3 nitrogen and oxygen atoms in total. The van der Waals surface area contributed by atoms with Gasteiger partial charge in [-0.2, -0.15) is 0 Å². The number of hydrogen-bond acceptors (Lipinski definition) is 4. The molecule has 0 radical (unpaired) electrons. The van der Waals surface area contributed by atoms with E-state index in [0.29, 0.717) is 4.88 Å². The summed E-state index contributed by atoms with van der Waals surface area (Å²) in [6.45, 7) is 3.72. The van der Waals surface area contributed by atoms with Gasteiger partial charge in [0, 0.05) is 5.92 Å². The number of hydrogen-bond donors (Lipinski definition) is 0. The first kappa shape index (κ1) is 15.4. The summed E-state index contributed by atoms with van der Waals surface area (Å²) in [5.74, 6) is -0.906. The van der Waals surface area contributed by atoms with Gasteiger partial charge in [0.05, 0.1) is 15.3 Å². The van der Waals surface area contributed by atoms with E-state index in [4.69, 9.17) is 4.74 Å². The molecule has 114 valence electrons. The fourth-order valence-corrected chi connectivity index (χ4v) is 4.81. The SMILES string of the molecule is CCOC(=O)C1(C)C(=O)c2sc(Br)cc2[C@H]1c1ccccc1. The van der Waals surface area contributed by atoms with Gasteiger partial charge in [-0.3, -0.25) is 9.59 Å². The van der Waals surface area contributed by atoms with Crippen molar-refractivity contribution in [2.24, 2.45) is 5.41 Å². The van der Waals surface area contributed by atoms with E-state index in [0.717, 1.165) is 14.9 Å². The van der Waals surface area contributed by atoms with Crippen LogP contribution in [0.15, 0.2) is 40.2 Å². The maximum absolute atomic E-state index is 12.9. The Labute approximate surface area is 141 Å². The van der Waals surface area contributed by atoms with Gasteiger partial charge < -0.3 is 4.74 Å². The summed E-state index contributed by atoms with van der Waals surface area (Å²) in [6, 6.07) is 11.6. The van der Waals surface area contributed by atoms with Crippen LogP contribution in [0.4, 0.5) is 0 Å². The van der Waals surface area contributed by atoms with E-state index in [-0.39, 0.29) is 18.3 Å². The van der Waals surface area contributed by atoms with Gasteiger partial charge in [-0.05, 0) is 47.0 Å². The average Bonchev–Trinajstić information content (AvgIpc) is 2.97. The summed E-state index contributed by atoms with van der Waals surface area (Å²) < 4.78 is 6.12. The molecule has 3 rings (SSSR count). The van der Waals surface area contributed by atoms with Crippen molar-refractivity contribution < 1.29 is 14.3 Å². The zero-order valence-electron chi connectivity index (χ0n) is 12.3. The lowest BCUT2D eigenvalue weighted by Crippen LogP contribution is -2.39.